The zero-order valence-electron chi connectivity index (χ0n) is 12.7. The summed E-state index contributed by atoms with van der Waals surface area (Å²) in [6.07, 6.45) is 7.36. The minimum absolute atomic E-state index is 0.0982. The molecule has 2 aliphatic rings. The van der Waals surface area contributed by atoms with Gasteiger partial charge in [0.1, 0.15) is 11.9 Å². The lowest BCUT2D eigenvalue weighted by atomic mass is 9.76. The highest BCUT2D eigenvalue weighted by atomic mass is 16.3. The van der Waals surface area contributed by atoms with Crippen LogP contribution in [0.2, 0.25) is 0 Å². The van der Waals surface area contributed by atoms with E-state index in [1.54, 1.807) is 0 Å². The van der Waals surface area contributed by atoms with Crippen molar-refractivity contribution in [1.82, 2.24) is 4.98 Å². The van der Waals surface area contributed by atoms with Gasteiger partial charge in [0.05, 0.1) is 17.7 Å². The highest BCUT2D eigenvalue weighted by Crippen LogP contribution is 2.36. The van der Waals surface area contributed by atoms with Crippen LogP contribution in [0.25, 0.3) is 0 Å². The molecule has 4 nitrogen and oxygen atoms in total. The van der Waals surface area contributed by atoms with Crippen molar-refractivity contribution < 1.29 is 5.11 Å². The fourth-order valence-corrected chi connectivity index (χ4v) is 3.86. The molecule has 2 unspecified atom stereocenters. The van der Waals surface area contributed by atoms with Gasteiger partial charge in [-0.3, -0.25) is 0 Å². The Morgan fingerprint density at radius 1 is 1.48 bits per heavy atom. The van der Waals surface area contributed by atoms with Gasteiger partial charge in [-0.05, 0) is 49.7 Å². The van der Waals surface area contributed by atoms with Gasteiger partial charge in [0.2, 0.25) is 0 Å². The topological polar surface area (TPSA) is 68.9 Å². The number of rotatable bonds is 3. The van der Waals surface area contributed by atoms with Crippen LogP contribution in [0.1, 0.15) is 55.8 Å². The van der Waals surface area contributed by atoms with Gasteiger partial charge in [0.25, 0.3) is 0 Å². The number of hydrogen-bond acceptors (Lipinski definition) is 4. The van der Waals surface area contributed by atoms with E-state index in [1.807, 2.05) is 6.07 Å². The third kappa shape index (κ3) is 2.75. The molecule has 21 heavy (non-hydrogen) atoms. The first-order chi connectivity index (χ1) is 10.2. The molecule has 2 atom stereocenters. The molecule has 0 aliphatic heterocycles. The molecular formula is C17H23N3O. The standard InChI is InChI=1S/C17H23N3O/c1-12-4-3-7-17(9-12,11-21)20-16-14(10-18)8-13-5-2-6-15(13)19-16/h8,12,21H,2-7,9,11H2,1H3,(H,19,20). The molecular weight excluding hydrogens is 262 g/mol. The molecule has 0 radical (unpaired) electrons. The maximum absolute atomic E-state index is 9.90. The lowest BCUT2D eigenvalue weighted by Crippen LogP contribution is -2.46. The van der Waals surface area contributed by atoms with Crippen LogP contribution in [0.15, 0.2) is 6.07 Å². The predicted octanol–water partition coefficient (Wildman–Crippen LogP) is 2.80. The summed E-state index contributed by atoms with van der Waals surface area (Å²) >= 11 is 0. The fraction of sp³-hybridized carbons (Fsp3) is 0.647. The summed E-state index contributed by atoms with van der Waals surface area (Å²) in [5, 5.41) is 22.7. The van der Waals surface area contributed by atoms with E-state index in [1.165, 1.54) is 12.0 Å². The largest absolute Gasteiger partial charge is 0.394 e. The van der Waals surface area contributed by atoms with Crippen LogP contribution in [0.3, 0.4) is 0 Å². The van der Waals surface area contributed by atoms with Gasteiger partial charge in [-0.2, -0.15) is 5.26 Å². The Hall–Kier alpha value is -1.60. The molecule has 0 bridgehead atoms. The summed E-state index contributed by atoms with van der Waals surface area (Å²) in [5.41, 5.74) is 2.63. The van der Waals surface area contributed by atoms with Crippen molar-refractivity contribution in [3.63, 3.8) is 0 Å². The van der Waals surface area contributed by atoms with Crippen molar-refractivity contribution >= 4 is 5.82 Å². The molecule has 1 saturated carbocycles. The first kappa shape index (κ1) is 14.3. The molecule has 0 saturated heterocycles. The van der Waals surface area contributed by atoms with Crippen LogP contribution in [0.4, 0.5) is 5.82 Å². The van der Waals surface area contributed by atoms with E-state index in [0.717, 1.165) is 44.2 Å². The second kappa shape index (κ2) is 5.65. The van der Waals surface area contributed by atoms with E-state index >= 15 is 0 Å². The van der Waals surface area contributed by atoms with E-state index in [4.69, 9.17) is 4.98 Å². The van der Waals surface area contributed by atoms with Crippen LogP contribution < -0.4 is 5.32 Å². The number of nitrogens with zero attached hydrogens (tertiary/aromatic N) is 2. The van der Waals surface area contributed by atoms with Gasteiger partial charge in [-0.25, -0.2) is 4.98 Å². The summed E-state index contributed by atoms with van der Waals surface area (Å²) in [6, 6.07) is 4.24. The molecule has 4 heteroatoms. The molecule has 0 amide bonds. The number of aliphatic hydroxyl groups excluding tert-OH is 1. The van der Waals surface area contributed by atoms with Gasteiger partial charge in [-0.15, -0.1) is 0 Å². The second-order valence-electron chi connectivity index (χ2n) is 6.72. The molecule has 2 N–H and O–H groups in total. The van der Waals surface area contributed by atoms with Crippen molar-refractivity contribution in [2.75, 3.05) is 11.9 Å². The van der Waals surface area contributed by atoms with Crippen molar-refractivity contribution in [3.05, 3.63) is 22.9 Å². The highest BCUT2D eigenvalue weighted by molar-refractivity contribution is 5.56. The monoisotopic (exact) mass is 285 g/mol. The molecule has 1 aromatic rings. The molecule has 1 fully saturated rings. The first-order valence-corrected chi connectivity index (χ1v) is 7.98. The molecule has 112 valence electrons. The van der Waals surface area contributed by atoms with Crippen LogP contribution in [-0.2, 0) is 12.8 Å². The number of pyridine rings is 1. The molecule has 0 aromatic carbocycles. The summed E-state index contributed by atoms with van der Waals surface area (Å²) < 4.78 is 0. The molecule has 1 heterocycles. The maximum Gasteiger partial charge on any atom is 0.144 e. The molecule has 0 spiro atoms. The Kier molecular flexibility index (Phi) is 3.86. The number of aromatic nitrogens is 1. The van der Waals surface area contributed by atoms with Crippen molar-refractivity contribution in [3.8, 4) is 6.07 Å². The van der Waals surface area contributed by atoms with Gasteiger partial charge in [0.15, 0.2) is 0 Å². The Labute approximate surface area is 126 Å². The van der Waals surface area contributed by atoms with Gasteiger partial charge < -0.3 is 10.4 Å². The van der Waals surface area contributed by atoms with E-state index in [-0.39, 0.29) is 12.1 Å². The molecule has 2 aliphatic carbocycles. The number of nitrogens with one attached hydrogen (secondary N) is 1. The normalized spacial score (nSPS) is 28.0. The Morgan fingerprint density at radius 2 is 2.33 bits per heavy atom. The van der Waals surface area contributed by atoms with Gasteiger partial charge >= 0.3 is 0 Å². The van der Waals surface area contributed by atoms with E-state index in [9.17, 15) is 10.4 Å². The van der Waals surface area contributed by atoms with Crippen LogP contribution in [-0.4, -0.2) is 22.2 Å². The van der Waals surface area contributed by atoms with Crippen LogP contribution >= 0.6 is 0 Å². The zero-order chi connectivity index (χ0) is 14.9. The number of anilines is 1. The Bertz CT molecular complexity index is 578. The lowest BCUT2D eigenvalue weighted by Gasteiger charge is -2.40. The minimum atomic E-state index is -0.316. The van der Waals surface area contributed by atoms with Crippen molar-refractivity contribution in [1.29, 1.82) is 5.26 Å². The third-order valence-electron chi connectivity index (χ3n) is 4.95. The van der Waals surface area contributed by atoms with E-state index in [2.05, 4.69) is 18.3 Å². The zero-order valence-corrected chi connectivity index (χ0v) is 12.7. The number of aliphatic hydroxyl groups is 1. The average molecular weight is 285 g/mol. The number of aryl methyl sites for hydroxylation is 2. The van der Waals surface area contributed by atoms with Crippen LogP contribution in [0, 0.1) is 17.2 Å². The maximum atomic E-state index is 9.90. The quantitative estimate of drug-likeness (QED) is 0.896. The summed E-state index contributed by atoms with van der Waals surface area (Å²) in [5.74, 6) is 1.26. The summed E-state index contributed by atoms with van der Waals surface area (Å²) in [6.45, 7) is 2.33. The Balaban J connectivity index is 1.91. The highest BCUT2D eigenvalue weighted by Gasteiger charge is 2.35. The molecule has 1 aromatic heterocycles. The smallest absolute Gasteiger partial charge is 0.144 e. The van der Waals surface area contributed by atoms with Gasteiger partial charge in [0, 0.05) is 5.69 Å². The van der Waals surface area contributed by atoms with Crippen molar-refractivity contribution in [2.45, 2.75) is 57.4 Å². The van der Waals surface area contributed by atoms with Gasteiger partial charge in [-0.1, -0.05) is 19.8 Å². The van der Waals surface area contributed by atoms with E-state index in [0.29, 0.717) is 17.3 Å². The summed E-state index contributed by atoms with van der Waals surface area (Å²) in [7, 11) is 0. The van der Waals surface area contributed by atoms with E-state index < -0.39 is 0 Å². The number of nitriles is 1. The Morgan fingerprint density at radius 3 is 3.05 bits per heavy atom. The second-order valence-corrected chi connectivity index (χ2v) is 6.72. The lowest BCUT2D eigenvalue weighted by molar-refractivity contribution is 0.149. The first-order valence-electron chi connectivity index (χ1n) is 7.98. The molecule has 3 rings (SSSR count). The number of hydrogen-bond donors (Lipinski definition) is 2. The van der Waals surface area contributed by atoms with Crippen molar-refractivity contribution in [2.24, 2.45) is 5.92 Å². The third-order valence-corrected chi connectivity index (χ3v) is 4.95. The fourth-order valence-electron chi connectivity index (χ4n) is 3.86. The minimum Gasteiger partial charge on any atom is -0.394 e. The number of fused-ring (bicyclic) bond motifs is 1. The SMILES string of the molecule is CC1CCCC(CO)(Nc2nc3c(cc2C#N)CCC3)C1. The predicted molar refractivity (Wildman–Crippen MR) is 82.0 cm³/mol. The average Bonchev–Trinajstić information content (AvgIpc) is 2.93. The van der Waals surface area contributed by atoms with Crippen LogP contribution in [0.5, 0.6) is 0 Å². The summed E-state index contributed by atoms with van der Waals surface area (Å²) in [4.78, 5) is 4.69.